The molecule has 5 N–H and O–H groups in total. The number of nitrogens with zero attached hydrogens (tertiary/aromatic N) is 1. The van der Waals surface area contributed by atoms with Gasteiger partial charge in [0.25, 0.3) is 17.7 Å². The van der Waals surface area contributed by atoms with E-state index in [9.17, 15) is 19.2 Å². The second-order valence-corrected chi connectivity index (χ2v) is 12.7. The van der Waals surface area contributed by atoms with Crippen LogP contribution in [0.1, 0.15) is 79.0 Å². The predicted molar refractivity (Wildman–Crippen MR) is 183 cm³/mol. The Morgan fingerprint density at radius 1 is 0.958 bits per heavy atom. The molecular formula is C36H37N5O6S. The number of pyridine rings is 1. The van der Waals surface area contributed by atoms with Crippen molar-refractivity contribution in [3.8, 4) is 27.3 Å². The second-order valence-electron chi connectivity index (χ2n) is 11.8. The molecule has 0 saturated heterocycles. The molecule has 0 bridgehead atoms. The van der Waals surface area contributed by atoms with E-state index in [4.69, 9.17) is 15.2 Å². The van der Waals surface area contributed by atoms with Gasteiger partial charge in [-0.1, -0.05) is 13.0 Å². The zero-order valence-electron chi connectivity index (χ0n) is 26.8. The number of nitrogens with two attached hydrogens (primary N) is 1. The van der Waals surface area contributed by atoms with Gasteiger partial charge in [-0.25, -0.2) is 9.78 Å². The number of anilines is 1. The van der Waals surface area contributed by atoms with Crippen LogP contribution in [0.4, 0.5) is 5.69 Å². The van der Waals surface area contributed by atoms with Crippen molar-refractivity contribution in [2.75, 3.05) is 32.1 Å². The summed E-state index contributed by atoms with van der Waals surface area (Å²) in [5.74, 6) is -1.03. The van der Waals surface area contributed by atoms with Crippen LogP contribution in [-0.4, -0.2) is 55.5 Å². The molecule has 6 rings (SSSR count). The molecule has 1 aliphatic heterocycles. The predicted octanol–water partition coefficient (Wildman–Crippen LogP) is 5.19. The van der Waals surface area contributed by atoms with Crippen LogP contribution in [0.3, 0.4) is 0 Å². The lowest BCUT2D eigenvalue weighted by atomic mass is 9.93. The van der Waals surface area contributed by atoms with Crippen molar-refractivity contribution in [3.05, 3.63) is 87.6 Å². The van der Waals surface area contributed by atoms with Crippen molar-refractivity contribution in [1.82, 2.24) is 15.6 Å². The van der Waals surface area contributed by atoms with Gasteiger partial charge in [0.05, 0.1) is 25.0 Å². The Kier molecular flexibility index (Phi) is 9.83. The summed E-state index contributed by atoms with van der Waals surface area (Å²) in [5, 5.41) is 10.7. The van der Waals surface area contributed by atoms with Gasteiger partial charge in [-0.05, 0) is 84.2 Å². The average Bonchev–Trinajstić information content (AvgIpc) is 3.87. The number of nitrogens with one attached hydrogen (secondary N) is 3. The summed E-state index contributed by atoms with van der Waals surface area (Å²) in [4.78, 5) is 59.0. The molecule has 1 saturated carbocycles. The molecule has 4 aromatic rings. The number of hydrogen-bond donors (Lipinski definition) is 4. The van der Waals surface area contributed by atoms with Gasteiger partial charge in [-0.2, -0.15) is 0 Å². The number of fused-ring (bicyclic) bond motifs is 3. The number of rotatable bonds is 11. The SMILES string of the molecule is CCCNC(=O)c1ccc(-c2cc3c(cc2C(=O)Nc2ccc(CN)cc2C(=O)NCC2CC2)-c2sccc2CCO3)c(C(=O)OC)n1. The van der Waals surface area contributed by atoms with Gasteiger partial charge < -0.3 is 31.2 Å². The van der Waals surface area contributed by atoms with Crippen LogP contribution >= 0.6 is 11.3 Å². The number of esters is 1. The van der Waals surface area contributed by atoms with Gasteiger partial charge in [-0.15, -0.1) is 11.3 Å². The topological polar surface area (TPSA) is 162 Å². The highest BCUT2D eigenvalue weighted by Gasteiger charge is 2.28. The molecule has 12 heteroatoms. The minimum Gasteiger partial charge on any atom is -0.493 e. The molecule has 1 aliphatic carbocycles. The summed E-state index contributed by atoms with van der Waals surface area (Å²) >= 11 is 1.55. The Morgan fingerprint density at radius 3 is 2.54 bits per heavy atom. The quantitative estimate of drug-likeness (QED) is 0.159. The van der Waals surface area contributed by atoms with Gasteiger partial charge in [0.15, 0.2) is 5.69 Å². The third kappa shape index (κ3) is 6.95. The fourth-order valence-electron chi connectivity index (χ4n) is 5.57. The molecular weight excluding hydrogens is 630 g/mol. The fourth-order valence-corrected chi connectivity index (χ4v) is 6.55. The normalized spacial score (nSPS) is 13.3. The van der Waals surface area contributed by atoms with Crippen LogP contribution in [0.15, 0.2) is 53.9 Å². The molecule has 48 heavy (non-hydrogen) atoms. The molecule has 0 unspecified atom stereocenters. The largest absolute Gasteiger partial charge is 0.493 e. The minimum atomic E-state index is -0.773. The van der Waals surface area contributed by atoms with E-state index < -0.39 is 17.8 Å². The highest BCUT2D eigenvalue weighted by molar-refractivity contribution is 7.13. The highest BCUT2D eigenvalue weighted by atomic mass is 32.1. The molecule has 248 valence electrons. The molecule has 2 aromatic carbocycles. The Bertz CT molecular complexity index is 1900. The van der Waals surface area contributed by atoms with Crippen molar-refractivity contribution >= 4 is 40.7 Å². The number of thiophene rings is 1. The highest BCUT2D eigenvalue weighted by Crippen LogP contribution is 2.43. The first kappa shape index (κ1) is 32.9. The number of carbonyl (C=O) groups excluding carboxylic acids is 4. The first-order chi connectivity index (χ1) is 23.3. The Morgan fingerprint density at radius 2 is 1.79 bits per heavy atom. The molecule has 3 amide bonds. The van der Waals surface area contributed by atoms with E-state index in [2.05, 4.69) is 20.9 Å². The zero-order valence-corrected chi connectivity index (χ0v) is 27.6. The van der Waals surface area contributed by atoms with E-state index >= 15 is 0 Å². The smallest absolute Gasteiger partial charge is 0.357 e. The Labute approximate surface area is 282 Å². The van der Waals surface area contributed by atoms with Crippen LogP contribution in [-0.2, 0) is 17.7 Å². The van der Waals surface area contributed by atoms with E-state index in [1.165, 1.54) is 13.2 Å². The summed E-state index contributed by atoms with van der Waals surface area (Å²) in [6, 6.07) is 13.7. The van der Waals surface area contributed by atoms with Gasteiger partial charge >= 0.3 is 5.97 Å². The van der Waals surface area contributed by atoms with Crippen molar-refractivity contribution < 1.29 is 28.7 Å². The van der Waals surface area contributed by atoms with E-state index in [1.807, 2.05) is 18.4 Å². The number of hydrogen-bond acceptors (Lipinski definition) is 9. The molecule has 0 spiro atoms. The van der Waals surface area contributed by atoms with Gasteiger partial charge in [0.1, 0.15) is 11.4 Å². The number of methoxy groups -OCH3 is 1. The lowest BCUT2D eigenvalue weighted by Gasteiger charge is -2.18. The molecule has 3 heterocycles. The van der Waals surface area contributed by atoms with Crippen LogP contribution in [0.25, 0.3) is 21.6 Å². The summed E-state index contributed by atoms with van der Waals surface area (Å²) in [6.07, 6.45) is 3.58. The lowest BCUT2D eigenvalue weighted by molar-refractivity contribution is 0.0594. The van der Waals surface area contributed by atoms with Crippen LogP contribution < -0.4 is 26.4 Å². The fraction of sp³-hybridized carbons (Fsp3) is 0.306. The van der Waals surface area contributed by atoms with E-state index in [-0.39, 0.29) is 35.0 Å². The van der Waals surface area contributed by atoms with Crippen molar-refractivity contribution in [1.29, 1.82) is 0 Å². The summed E-state index contributed by atoms with van der Waals surface area (Å²) in [6.45, 7) is 3.59. The summed E-state index contributed by atoms with van der Waals surface area (Å²) in [5.41, 5.74) is 9.82. The van der Waals surface area contributed by atoms with E-state index in [0.717, 1.165) is 40.8 Å². The van der Waals surface area contributed by atoms with Gasteiger partial charge in [-0.3, -0.25) is 14.4 Å². The van der Waals surface area contributed by atoms with Crippen LogP contribution in [0, 0.1) is 5.92 Å². The molecule has 0 atom stereocenters. The number of carbonyl (C=O) groups is 4. The number of amides is 3. The van der Waals surface area contributed by atoms with Crippen molar-refractivity contribution in [2.24, 2.45) is 11.7 Å². The second kappa shape index (κ2) is 14.4. The molecule has 1 fully saturated rings. The van der Waals surface area contributed by atoms with Crippen molar-refractivity contribution in [2.45, 2.75) is 39.2 Å². The standard InChI is InChI=1S/C36H37N5O6S/c1-3-12-38-35(44)29-9-7-23(31(40-29)36(45)46-2)24-17-30-27(32-22(10-13-47-30)11-14-48-32)16-25(24)34(43)41-28-8-6-21(18-37)15-26(28)33(42)39-19-20-4-5-20/h6-9,11,14-17,20H,3-5,10,12-13,18-19,37H2,1-2H3,(H,38,44)(H,39,42)(H,41,43). The maximum absolute atomic E-state index is 14.4. The third-order valence-electron chi connectivity index (χ3n) is 8.38. The lowest BCUT2D eigenvalue weighted by Crippen LogP contribution is -2.27. The maximum Gasteiger partial charge on any atom is 0.357 e. The van der Waals surface area contributed by atoms with Gasteiger partial charge in [0.2, 0.25) is 0 Å². The number of ether oxygens (including phenoxy) is 2. The first-order valence-corrected chi connectivity index (χ1v) is 16.9. The van der Waals surface area contributed by atoms with Crippen LogP contribution in [0.2, 0.25) is 0 Å². The molecule has 0 radical (unpaired) electrons. The first-order valence-electron chi connectivity index (χ1n) is 16.0. The number of aromatic nitrogens is 1. The summed E-state index contributed by atoms with van der Waals surface area (Å²) < 4.78 is 11.2. The van der Waals surface area contributed by atoms with E-state index in [0.29, 0.717) is 54.6 Å². The third-order valence-corrected chi connectivity index (χ3v) is 9.37. The Balaban J connectivity index is 1.47. The molecule has 11 nitrogen and oxygen atoms in total. The maximum atomic E-state index is 14.4. The Hall–Kier alpha value is -5.07. The number of benzene rings is 2. The zero-order chi connectivity index (χ0) is 33.8. The monoisotopic (exact) mass is 667 g/mol. The molecule has 2 aromatic heterocycles. The minimum absolute atomic E-state index is 0.0367. The van der Waals surface area contributed by atoms with Crippen LogP contribution in [0.5, 0.6) is 5.75 Å². The van der Waals surface area contributed by atoms with Crippen molar-refractivity contribution in [3.63, 3.8) is 0 Å². The van der Waals surface area contributed by atoms with E-state index in [1.54, 1.807) is 47.7 Å². The van der Waals surface area contributed by atoms with Gasteiger partial charge in [0, 0.05) is 53.2 Å². The summed E-state index contributed by atoms with van der Waals surface area (Å²) in [7, 11) is 1.23. The average molecular weight is 668 g/mol. The molecule has 2 aliphatic rings.